The molecule has 2 aromatic rings. The highest BCUT2D eigenvalue weighted by Gasteiger charge is 2.42. The van der Waals surface area contributed by atoms with Crippen LogP contribution >= 0.6 is 11.8 Å². The number of aliphatic hydroxyl groups is 1. The van der Waals surface area contributed by atoms with Crippen LogP contribution in [0.2, 0.25) is 0 Å². The van der Waals surface area contributed by atoms with Gasteiger partial charge in [0.05, 0.1) is 23.9 Å². The number of thioether (sulfide) groups is 1. The Labute approximate surface area is 304 Å². The van der Waals surface area contributed by atoms with Gasteiger partial charge in [0.1, 0.15) is 25.0 Å². The molecule has 3 amide bonds. The fourth-order valence-corrected chi connectivity index (χ4v) is 7.01. The van der Waals surface area contributed by atoms with E-state index in [-0.39, 0.29) is 36.8 Å². The number of aromatic amines is 1. The molecule has 18 heteroatoms. The van der Waals surface area contributed by atoms with Crippen LogP contribution in [0.4, 0.5) is 0 Å². The minimum atomic E-state index is -1.70. The third kappa shape index (κ3) is 10.0. The number of aryl methyl sites for hydroxylation is 1. The molecule has 282 valence electrons. The molecule has 52 heavy (non-hydrogen) atoms. The van der Waals surface area contributed by atoms with Crippen LogP contribution in [0.1, 0.15) is 58.4 Å². The third-order valence-electron chi connectivity index (χ3n) is 9.01. The lowest BCUT2D eigenvalue weighted by atomic mass is 9.93. The van der Waals surface area contributed by atoms with Gasteiger partial charge < -0.3 is 30.1 Å². The summed E-state index contributed by atoms with van der Waals surface area (Å²) in [5.41, 5.74) is 8.31. The number of esters is 1. The van der Waals surface area contributed by atoms with Gasteiger partial charge in [-0.2, -0.15) is 0 Å². The molecule has 8 atom stereocenters. The number of hydrogen-bond donors (Lipinski definition) is 4. The van der Waals surface area contributed by atoms with Crippen molar-refractivity contribution in [3.63, 3.8) is 0 Å². The van der Waals surface area contributed by atoms with Gasteiger partial charge in [-0.15, -0.1) is 11.8 Å². The number of azide groups is 1. The Hall–Kier alpha value is -4.64. The van der Waals surface area contributed by atoms with E-state index >= 15 is 0 Å². The number of rotatable bonds is 13. The molecule has 0 bridgehead atoms. The molecule has 2 aliphatic rings. The fraction of sp³-hybridized carbons (Fsp3) is 0.588. The summed E-state index contributed by atoms with van der Waals surface area (Å²) in [7, 11) is 0. The van der Waals surface area contributed by atoms with Gasteiger partial charge in [0.2, 0.25) is 11.8 Å². The van der Waals surface area contributed by atoms with Crippen LogP contribution in [0.15, 0.2) is 51.2 Å². The Morgan fingerprint density at radius 1 is 1.17 bits per heavy atom. The highest BCUT2D eigenvalue weighted by Crippen LogP contribution is 2.31. The molecule has 0 aliphatic carbocycles. The lowest BCUT2D eigenvalue weighted by molar-refractivity contribution is -0.157. The second kappa shape index (κ2) is 17.3. The number of ether oxygens (including phenoxy) is 2. The van der Waals surface area contributed by atoms with Crippen LogP contribution in [0.3, 0.4) is 0 Å². The zero-order valence-electron chi connectivity index (χ0n) is 30.0. The summed E-state index contributed by atoms with van der Waals surface area (Å²) in [5, 5.41) is 20.8. The SMILES string of the molecule is Cc1cn([C@H]2CC(N=[N+]=[N-])[C@@H](COC(=O)C(C)C(C)C(=O)N[C@@H](Cc3ccccc3)[C@H](O)C(=O)N3CSC[C@H]3C(=O)NC(C)(C)C)O2)c(=O)[nH]c1=O. The van der Waals surface area contributed by atoms with Crippen molar-refractivity contribution < 1.29 is 33.8 Å². The van der Waals surface area contributed by atoms with Gasteiger partial charge in [-0.1, -0.05) is 49.3 Å². The normalized spacial score (nSPS) is 22.4. The Morgan fingerprint density at radius 3 is 2.52 bits per heavy atom. The largest absolute Gasteiger partial charge is 0.463 e. The standard InChI is InChI=1S/C34H46N8O9S/c1-18-14-41(33(49)37-28(18)44)26-13-22(39-40-35)25(51-26)15-50-32(48)20(3)19(2)29(45)36-23(12-21-10-8-7-9-11-21)27(43)31(47)42-17-52-16-24(42)30(46)38-34(4,5)6/h7-11,14,19-20,22-27,43H,12-13,15-17H2,1-6H3,(H,36,45)(H,38,46)(H,37,44,49)/t19?,20?,22?,23-,24-,25+,26+,27-/m0/s1. The maximum absolute atomic E-state index is 13.7. The quantitative estimate of drug-likeness (QED) is 0.0999. The fourth-order valence-electron chi connectivity index (χ4n) is 5.85. The molecular weight excluding hydrogens is 696 g/mol. The van der Waals surface area contributed by atoms with Crippen LogP contribution < -0.4 is 21.9 Å². The molecule has 1 aromatic carbocycles. The molecule has 0 saturated carbocycles. The van der Waals surface area contributed by atoms with E-state index in [4.69, 9.17) is 15.0 Å². The van der Waals surface area contributed by atoms with Crippen molar-refractivity contribution >= 4 is 35.5 Å². The first-order chi connectivity index (χ1) is 24.5. The number of aromatic nitrogens is 2. The lowest BCUT2D eigenvalue weighted by Gasteiger charge is -2.32. The second-order valence-electron chi connectivity index (χ2n) is 14.1. The highest BCUT2D eigenvalue weighted by atomic mass is 32.2. The molecule has 17 nitrogen and oxygen atoms in total. The third-order valence-corrected chi connectivity index (χ3v) is 10.0. The summed E-state index contributed by atoms with van der Waals surface area (Å²) in [5.74, 6) is -3.85. The number of carbonyl (C=O) groups excluding carboxylic acids is 4. The van der Waals surface area contributed by atoms with Gasteiger partial charge in [0, 0.05) is 40.3 Å². The number of aliphatic hydroxyl groups excluding tert-OH is 1. The zero-order valence-corrected chi connectivity index (χ0v) is 30.8. The molecule has 3 heterocycles. The predicted octanol–water partition coefficient (Wildman–Crippen LogP) is 1.53. The van der Waals surface area contributed by atoms with Gasteiger partial charge in [-0.05, 0) is 45.2 Å². The number of amides is 3. The van der Waals surface area contributed by atoms with Crippen molar-refractivity contribution in [3.05, 3.63) is 78.9 Å². The summed E-state index contributed by atoms with van der Waals surface area (Å²) in [6.07, 6.45) is -2.03. The summed E-state index contributed by atoms with van der Waals surface area (Å²) in [6.45, 7) is 9.66. The van der Waals surface area contributed by atoms with Crippen molar-refractivity contribution in [1.29, 1.82) is 0 Å². The number of nitrogens with one attached hydrogen (secondary N) is 3. The van der Waals surface area contributed by atoms with Gasteiger partial charge in [0.15, 0.2) is 6.10 Å². The van der Waals surface area contributed by atoms with E-state index < -0.39 is 83.0 Å². The molecule has 2 fully saturated rings. The first-order valence-electron chi connectivity index (χ1n) is 16.9. The monoisotopic (exact) mass is 742 g/mol. The second-order valence-corrected chi connectivity index (χ2v) is 15.1. The van der Waals surface area contributed by atoms with Crippen molar-refractivity contribution in [2.24, 2.45) is 17.0 Å². The first-order valence-corrected chi connectivity index (χ1v) is 18.1. The number of hydrogen-bond acceptors (Lipinski definition) is 11. The summed E-state index contributed by atoms with van der Waals surface area (Å²) in [4.78, 5) is 84.0. The average molecular weight is 743 g/mol. The molecule has 4 rings (SSSR count). The smallest absolute Gasteiger partial charge is 0.330 e. The van der Waals surface area contributed by atoms with Crippen LogP contribution in [-0.4, -0.2) is 97.4 Å². The molecule has 0 radical (unpaired) electrons. The number of H-pyrrole nitrogens is 1. The van der Waals surface area contributed by atoms with Crippen LogP contribution in [0, 0.1) is 18.8 Å². The van der Waals surface area contributed by atoms with Gasteiger partial charge >= 0.3 is 11.7 Å². The van der Waals surface area contributed by atoms with Gasteiger partial charge in [-0.25, -0.2) is 4.79 Å². The summed E-state index contributed by atoms with van der Waals surface area (Å²) < 4.78 is 12.6. The molecule has 1 aromatic heterocycles. The van der Waals surface area contributed by atoms with E-state index in [1.807, 2.05) is 26.8 Å². The van der Waals surface area contributed by atoms with Gasteiger partial charge in [0.25, 0.3) is 11.5 Å². The predicted molar refractivity (Wildman–Crippen MR) is 191 cm³/mol. The molecule has 2 aliphatic heterocycles. The van der Waals surface area contributed by atoms with E-state index in [1.165, 1.54) is 48.2 Å². The van der Waals surface area contributed by atoms with E-state index in [1.54, 1.807) is 24.3 Å². The average Bonchev–Trinajstić information content (AvgIpc) is 3.75. The van der Waals surface area contributed by atoms with Gasteiger partial charge in [-0.3, -0.25) is 33.5 Å². The van der Waals surface area contributed by atoms with E-state index in [0.29, 0.717) is 5.75 Å². The van der Waals surface area contributed by atoms with Crippen LogP contribution in [-0.2, 0) is 35.1 Å². The number of benzene rings is 1. The molecule has 3 unspecified atom stereocenters. The zero-order chi connectivity index (χ0) is 38.3. The Bertz CT molecular complexity index is 1790. The van der Waals surface area contributed by atoms with Crippen molar-refractivity contribution in [2.45, 2.75) is 96.5 Å². The van der Waals surface area contributed by atoms with Crippen LogP contribution in [0.25, 0.3) is 10.4 Å². The number of nitrogens with zero attached hydrogens (tertiary/aromatic N) is 5. The minimum Gasteiger partial charge on any atom is -0.463 e. The first kappa shape index (κ1) is 40.1. The molecule has 0 spiro atoms. The van der Waals surface area contributed by atoms with E-state index in [2.05, 4.69) is 25.6 Å². The maximum Gasteiger partial charge on any atom is 0.330 e. The van der Waals surface area contributed by atoms with Crippen molar-refractivity contribution in [3.8, 4) is 0 Å². The number of carbonyl (C=O) groups is 4. The summed E-state index contributed by atoms with van der Waals surface area (Å²) in [6, 6.07) is 6.27. The van der Waals surface area contributed by atoms with Crippen molar-refractivity contribution in [1.82, 2.24) is 25.1 Å². The molecule has 4 N–H and O–H groups in total. The summed E-state index contributed by atoms with van der Waals surface area (Å²) >= 11 is 1.38. The van der Waals surface area contributed by atoms with E-state index in [9.17, 15) is 33.9 Å². The topological polar surface area (TPSA) is 238 Å². The Balaban J connectivity index is 1.42. The molecule has 2 saturated heterocycles. The Morgan fingerprint density at radius 2 is 1.87 bits per heavy atom. The maximum atomic E-state index is 13.7. The van der Waals surface area contributed by atoms with Crippen molar-refractivity contribution in [2.75, 3.05) is 18.2 Å². The van der Waals surface area contributed by atoms with Crippen LogP contribution in [0.5, 0.6) is 0 Å². The highest BCUT2D eigenvalue weighted by molar-refractivity contribution is 7.99. The minimum absolute atomic E-state index is 0.0774. The molecular formula is C34H46N8O9S. The van der Waals surface area contributed by atoms with E-state index in [0.717, 1.165) is 5.56 Å². The Kier molecular flexibility index (Phi) is 13.3. The lowest BCUT2D eigenvalue weighted by Crippen LogP contribution is -2.58.